The topological polar surface area (TPSA) is 70.7 Å². The highest BCUT2D eigenvalue weighted by Crippen LogP contribution is 2.36. The zero-order chi connectivity index (χ0) is 21.2. The number of aryl methyl sites for hydroxylation is 1. The Morgan fingerprint density at radius 2 is 1.86 bits per heavy atom. The van der Waals surface area contributed by atoms with E-state index in [1.54, 1.807) is 12.4 Å². The standard InChI is InChI=1S/C20H29ClN6OSi/c1-15-14-17(26-12-9-18(25-26)27-22-10-11-23-27)16(19(21)24-15)8-7-13-28-29(5,6)20(2,3)4/h9-12,14H,7-8,13H2,1-6H3. The van der Waals surface area contributed by atoms with Gasteiger partial charge in [0.25, 0.3) is 0 Å². The maximum absolute atomic E-state index is 6.52. The summed E-state index contributed by atoms with van der Waals surface area (Å²) in [5.41, 5.74) is 2.74. The van der Waals surface area contributed by atoms with Gasteiger partial charge < -0.3 is 4.43 Å². The average Bonchev–Trinajstić information content (AvgIpc) is 3.30. The smallest absolute Gasteiger partial charge is 0.196 e. The molecule has 7 nitrogen and oxygen atoms in total. The molecule has 0 saturated carbocycles. The Labute approximate surface area is 178 Å². The molecule has 0 aromatic carbocycles. The summed E-state index contributed by atoms with van der Waals surface area (Å²) < 4.78 is 8.12. The van der Waals surface area contributed by atoms with Crippen molar-refractivity contribution in [2.75, 3.05) is 6.61 Å². The van der Waals surface area contributed by atoms with Crippen molar-refractivity contribution in [3.8, 4) is 11.5 Å². The molecule has 156 valence electrons. The lowest BCUT2D eigenvalue weighted by atomic mass is 10.1. The Bertz CT molecular complexity index is 962. The van der Waals surface area contributed by atoms with Crippen LogP contribution in [0.2, 0.25) is 23.3 Å². The fourth-order valence-corrected chi connectivity index (χ4v) is 4.18. The molecule has 0 bridgehead atoms. The molecule has 3 rings (SSSR count). The van der Waals surface area contributed by atoms with Crippen molar-refractivity contribution >= 4 is 19.9 Å². The normalized spacial score (nSPS) is 12.5. The molecule has 0 saturated heterocycles. The van der Waals surface area contributed by atoms with Crippen LogP contribution in [0.3, 0.4) is 0 Å². The van der Waals surface area contributed by atoms with Crippen molar-refractivity contribution in [3.05, 3.63) is 47.1 Å². The summed E-state index contributed by atoms with van der Waals surface area (Å²) in [5.74, 6) is 0.646. The number of nitrogens with zero attached hydrogens (tertiary/aromatic N) is 6. The zero-order valence-electron chi connectivity index (χ0n) is 18.0. The predicted octanol–water partition coefficient (Wildman–Crippen LogP) is 4.76. The maximum Gasteiger partial charge on any atom is 0.196 e. The van der Waals surface area contributed by atoms with E-state index in [0.717, 1.165) is 29.8 Å². The van der Waals surface area contributed by atoms with Gasteiger partial charge in [-0.2, -0.15) is 10.2 Å². The van der Waals surface area contributed by atoms with E-state index in [1.165, 1.54) is 4.80 Å². The molecule has 0 amide bonds. The van der Waals surface area contributed by atoms with Gasteiger partial charge >= 0.3 is 0 Å². The summed E-state index contributed by atoms with van der Waals surface area (Å²) in [6.45, 7) is 13.9. The minimum absolute atomic E-state index is 0.202. The van der Waals surface area contributed by atoms with Crippen LogP contribution in [0.25, 0.3) is 11.5 Å². The zero-order valence-corrected chi connectivity index (χ0v) is 19.7. The van der Waals surface area contributed by atoms with Crippen molar-refractivity contribution in [2.24, 2.45) is 0 Å². The number of hydrogen-bond donors (Lipinski definition) is 0. The Morgan fingerprint density at radius 1 is 1.17 bits per heavy atom. The van der Waals surface area contributed by atoms with Crippen LogP contribution in [-0.2, 0) is 10.8 Å². The third-order valence-electron chi connectivity index (χ3n) is 5.46. The van der Waals surface area contributed by atoms with Gasteiger partial charge in [0.05, 0.1) is 18.1 Å². The van der Waals surface area contributed by atoms with Gasteiger partial charge in [-0.3, -0.25) is 0 Å². The number of aromatic nitrogens is 6. The van der Waals surface area contributed by atoms with Crippen molar-refractivity contribution < 1.29 is 4.43 Å². The van der Waals surface area contributed by atoms with Crippen LogP contribution in [0, 0.1) is 6.92 Å². The summed E-state index contributed by atoms with van der Waals surface area (Å²) in [6, 6.07) is 3.87. The SMILES string of the molecule is Cc1cc(-n2ccc(-n3nccn3)n2)c(CCCO[Si](C)(C)C(C)(C)C)c(Cl)n1. The summed E-state index contributed by atoms with van der Waals surface area (Å²) >= 11 is 6.52. The fraction of sp³-hybridized carbons (Fsp3) is 0.500. The van der Waals surface area contributed by atoms with Gasteiger partial charge in [-0.1, -0.05) is 32.4 Å². The van der Waals surface area contributed by atoms with Crippen molar-refractivity contribution in [1.29, 1.82) is 0 Å². The second-order valence-corrected chi connectivity index (χ2v) is 13.9. The Kier molecular flexibility index (Phi) is 6.26. The maximum atomic E-state index is 6.52. The number of rotatable bonds is 7. The molecule has 0 aliphatic rings. The monoisotopic (exact) mass is 432 g/mol. The second-order valence-electron chi connectivity index (χ2n) is 8.70. The number of hydrogen-bond acceptors (Lipinski definition) is 5. The van der Waals surface area contributed by atoms with E-state index in [2.05, 4.69) is 54.1 Å². The molecule has 0 spiro atoms. The molecule has 0 aliphatic heterocycles. The Morgan fingerprint density at radius 3 is 2.52 bits per heavy atom. The third-order valence-corrected chi connectivity index (χ3v) is 10.3. The molecular weight excluding hydrogens is 404 g/mol. The molecular formula is C20H29ClN6OSi. The molecule has 9 heteroatoms. The highest BCUT2D eigenvalue weighted by atomic mass is 35.5. The minimum atomic E-state index is -1.75. The van der Waals surface area contributed by atoms with Crippen LogP contribution in [0.15, 0.2) is 30.7 Å². The molecule has 0 N–H and O–H groups in total. The molecule has 29 heavy (non-hydrogen) atoms. The second kappa shape index (κ2) is 8.37. The van der Waals surface area contributed by atoms with Crippen LogP contribution in [0.1, 0.15) is 38.4 Å². The van der Waals surface area contributed by atoms with E-state index in [-0.39, 0.29) is 5.04 Å². The van der Waals surface area contributed by atoms with E-state index in [0.29, 0.717) is 17.6 Å². The summed E-state index contributed by atoms with van der Waals surface area (Å²) in [5, 5.41) is 13.6. The number of pyridine rings is 1. The first-order valence-corrected chi connectivity index (χ1v) is 13.1. The van der Waals surface area contributed by atoms with Gasteiger partial charge in [0, 0.05) is 30.1 Å². The Balaban J connectivity index is 1.78. The van der Waals surface area contributed by atoms with Gasteiger partial charge in [-0.25, -0.2) is 9.67 Å². The predicted molar refractivity (Wildman–Crippen MR) is 117 cm³/mol. The van der Waals surface area contributed by atoms with Crippen LogP contribution in [0.5, 0.6) is 0 Å². The minimum Gasteiger partial charge on any atom is -0.417 e. The van der Waals surface area contributed by atoms with Crippen molar-refractivity contribution in [3.63, 3.8) is 0 Å². The first-order chi connectivity index (χ1) is 13.6. The third kappa shape index (κ3) is 4.94. The van der Waals surface area contributed by atoms with Gasteiger partial charge in [-0.15, -0.1) is 9.90 Å². The van der Waals surface area contributed by atoms with Gasteiger partial charge in [-0.05, 0) is 44.0 Å². The van der Waals surface area contributed by atoms with Crippen molar-refractivity contribution in [1.82, 2.24) is 29.8 Å². The highest BCUT2D eigenvalue weighted by Gasteiger charge is 2.36. The van der Waals surface area contributed by atoms with Crippen LogP contribution in [-0.4, -0.2) is 44.7 Å². The highest BCUT2D eigenvalue weighted by molar-refractivity contribution is 6.74. The molecule has 0 unspecified atom stereocenters. The molecule has 0 aliphatic carbocycles. The van der Waals surface area contributed by atoms with E-state index < -0.39 is 8.32 Å². The largest absolute Gasteiger partial charge is 0.417 e. The molecule has 0 atom stereocenters. The number of halogens is 1. The Hall–Kier alpha value is -2.03. The van der Waals surface area contributed by atoms with Crippen LogP contribution >= 0.6 is 11.6 Å². The molecule has 3 aromatic heterocycles. The van der Waals surface area contributed by atoms with Crippen LogP contribution in [0.4, 0.5) is 0 Å². The summed E-state index contributed by atoms with van der Waals surface area (Å²) in [7, 11) is -1.75. The van der Waals surface area contributed by atoms with E-state index in [9.17, 15) is 0 Å². The van der Waals surface area contributed by atoms with E-state index >= 15 is 0 Å². The lowest BCUT2D eigenvalue weighted by Gasteiger charge is -2.36. The quantitative estimate of drug-likeness (QED) is 0.305. The first-order valence-electron chi connectivity index (χ1n) is 9.81. The van der Waals surface area contributed by atoms with E-state index in [4.69, 9.17) is 16.0 Å². The molecule has 3 heterocycles. The van der Waals surface area contributed by atoms with Crippen LogP contribution < -0.4 is 0 Å². The van der Waals surface area contributed by atoms with E-state index in [1.807, 2.05) is 29.9 Å². The lowest BCUT2D eigenvalue weighted by molar-refractivity contribution is 0.282. The summed E-state index contributed by atoms with van der Waals surface area (Å²) in [6.07, 6.45) is 6.78. The molecule has 3 aromatic rings. The van der Waals surface area contributed by atoms with Gasteiger partial charge in [0.1, 0.15) is 5.15 Å². The summed E-state index contributed by atoms with van der Waals surface area (Å²) in [4.78, 5) is 5.93. The fourth-order valence-electron chi connectivity index (χ4n) is 2.76. The van der Waals surface area contributed by atoms with Gasteiger partial charge in [0.15, 0.2) is 14.1 Å². The molecule has 0 fully saturated rings. The first kappa shape index (κ1) is 21.7. The molecule has 0 radical (unpaired) electrons. The lowest BCUT2D eigenvalue weighted by Crippen LogP contribution is -2.41. The van der Waals surface area contributed by atoms with Crippen molar-refractivity contribution in [2.45, 2.75) is 58.7 Å². The average molecular weight is 433 g/mol. The van der Waals surface area contributed by atoms with Gasteiger partial charge in [0.2, 0.25) is 0 Å².